The summed E-state index contributed by atoms with van der Waals surface area (Å²) in [4.78, 5) is 0. The number of nitrogens with one attached hydrogen (secondary N) is 1. The second-order valence-electron chi connectivity index (χ2n) is 5.60. The summed E-state index contributed by atoms with van der Waals surface area (Å²) in [6.07, 6.45) is 3.07. The van der Waals surface area contributed by atoms with Crippen molar-refractivity contribution in [2.75, 3.05) is 13.1 Å². The molecule has 1 unspecified atom stereocenters. The molecule has 0 aromatic carbocycles. The second kappa shape index (κ2) is 7.91. The molecule has 0 aliphatic rings. The number of aromatic nitrogens is 2. The summed E-state index contributed by atoms with van der Waals surface area (Å²) in [7, 11) is 2.00. The summed E-state index contributed by atoms with van der Waals surface area (Å²) in [5.41, 5.74) is 2.19. The van der Waals surface area contributed by atoms with Gasteiger partial charge in [-0.15, -0.1) is 0 Å². The minimum Gasteiger partial charge on any atom is -0.316 e. The fourth-order valence-corrected chi connectivity index (χ4v) is 2.67. The molecule has 0 amide bonds. The van der Waals surface area contributed by atoms with E-state index in [4.69, 9.17) is 11.6 Å². The summed E-state index contributed by atoms with van der Waals surface area (Å²) in [6.45, 7) is 11.0. The van der Waals surface area contributed by atoms with Gasteiger partial charge >= 0.3 is 0 Å². The van der Waals surface area contributed by atoms with Gasteiger partial charge in [0.15, 0.2) is 0 Å². The van der Waals surface area contributed by atoms with Crippen LogP contribution in [0.2, 0.25) is 5.02 Å². The molecule has 1 N–H and O–H groups in total. The third kappa shape index (κ3) is 4.50. The van der Waals surface area contributed by atoms with Gasteiger partial charge < -0.3 is 5.32 Å². The predicted octanol–water partition coefficient (Wildman–Crippen LogP) is 3.45. The van der Waals surface area contributed by atoms with E-state index < -0.39 is 0 Å². The van der Waals surface area contributed by atoms with Gasteiger partial charge in [0, 0.05) is 7.05 Å². The Balaban J connectivity index is 2.76. The summed E-state index contributed by atoms with van der Waals surface area (Å²) < 4.78 is 1.95. The molecular formula is C15H28ClN3. The Morgan fingerprint density at radius 3 is 2.47 bits per heavy atom. The summed E-state index contributed by atoms with van der Waals surface area (Å²) in [5.74, 6) is 1.24. The molecule has 0 bridgehead atoms. The fraction of sp³-hybridized carbons (Fsp3) is 0.800. The van der Waals surface area contributed by atoms with Crippen LogP contribution in [0, 0.1) is 11.8 Å². The van der Waals surface area contributed by atoms with Crippen LogP contribution >= 0.6 is 11.6 Å². The molecule has 0 saturated heterocycles. The molecule has 0 aliphatic carbocycles. The highest BCUT2D eigenvalue weighted by atomic mass is 35.5. The Labute approximate surface area is 122 Å². The molecule has 1 heterocycles. The molecule has 19 heavy (non-hydrogen) atoms. The molecule has 0 aliphatic heterocycles. The first-order valence-electron chi connectivity index (χ1n) is 7.42. The first-order valence-corrected chi connectivity index (χ1v) is 7.79. The number of nitrogens with zero attached hydrogens (tertiary/aromatic N) is 2. The highest BCUT2D eigenvalue weighted by Crippen LogP contribution is 2.25. The number of halogens is 1. The van der Waals surface area contributed by atoms with Crippen molar-refractivity contribution in [2.24, 2.45) is 18.9 Å². The van der Waals surface area contributed by atoms with Crippen molar-refractivity contribution in [3.8, 4) is 0 Å². The van der Waals surface area contributed by atoms with Crippen molar-refractivity contribution in [1.82, 2.24) is 15.1 Å². The number of aryl methyl sites for hydroxylation is 2. The molecule has 3 nitrogen and oxygen atoms in total. The molecule has 1 atom stereocenters. The largest absolute Gasteiger partial charge is 0.316 e. The van der Waals surface area contributed by atoms with E-state index in [2.05, 4.69) is 38.1 Å². The second-order valence-corrected chi connectivity index (χ2v) is 5.97. The van der Waals surface area contributed by atoms with Crippen LogP contribution < -0.4 is 5.32 Å². The van der Waals surface area contributed by atoms with Crippen LogP contribution in [0.1, 0.15) is 45.5 Å². The molecule has 0 fully saturated rings. The van der Waals surface area contributed by atoms with Gasteiger partial charge in [-0.05, 0) is 44.2 Å². The van der Waals surface area contributed by atoms with Crippen molar-refractivity contribution in [2.45, 2.75) is 47.0 Å². The maximum atomic E-state index is 6.44. The lowest BCUT2D eigenvalue weighted by molar-refractivity contribution is 0.354. The molecule has 0 spiro atoms. The van der Waals surface area contributed by atoms with Crippen molar-refractivity contribution >= 4 is 11.6 Å². The molecule has 1 rings (SSSR count). The number of rotatable bonds is 8. The molecular weight excluding hydrogens is 258 g/mol. The topological polar surface area (TPSA) is 29.9 Å². The van der Waals surface area contributed by atoms with Gasteiger partial charge in [0.25, 0.3) is 0 Å². The molecule has 0 radical (unpaired) electrons. The molecule has 110 valence electrons. The van der Waals surface area contributed by atoms with Gasteiger partial charge in [-0.25, -0.2) is 0 Å². The van der Waals surface area contributed by atoms with Gasteiger partial charge in [0.2, 0.25) is 0 Å². The first kappa shape index (κ1) is 16.5. The number of hydrogen-bond donors (Lipinski definition) is 1. The van der Waals surface area contributed by atoms with Crippen LogP contribution in [0.3, 0.4) is 0 Å². The third-order valence-electron chi connectivity index (χ3n) is 3.73. The molecule has 1 aromatic rings. The lowest BCUT2D eigenvalue weighted by Crippen LogP contribution is -2.29. The zero-order chi connectivity index (χ0) is 14.4. The lowest BCUT2D eigenvalue weighted by atomic mass is 9.91. The van der Waals surface area contributed by atoms with E-state index >= 15 is 0 Å². The SMILES string of the molecule is CCCNCC(Cc1c(Cl)c(CC)nn1C)C(C)C. The van der Waals surface area contributed by atoms with Crippen LogP contribution in [-0.2, 0) is 19.9 Å². The first-order chi connectivity index (χ1) is 9.01. The van der Waals surface area contributed by atoms with E-state index in [-0.39, 0.29) is 0 Å². The highest BCUT2D eigenvalue weighted by Gasteiger charge is 2.20. The normalized spacial score (nSPS) is 13.2. The minimum absolute atomic E-state index is 0.601. The minimum atomic E-state index is 0.601. The van der Waals surface area contributed by atoms with Gasteiger partial charge in [0.1, 0.15) is 0 Å². The quantitative estimate of drug-likeness (QED) is 0.742. The van der Waals surface area contributed by atoms with Crippen LogP contribution in [0.15, 0.2) is 0 Å². The van der Waals surface area contributed by atoms with E-state index in [9.17, 15) is 0 Å². The standard InChI is InChI=1S/C15H28ClN3/c1-6-8-17-10-12(11(3)4)9-14-15(16)13(7-2)18-19(14)5/h11-12,17H,6-10H2,1-5H3. The van der Waals surface area contributed by atoms with E-state index in [1.54, 1.807) is 0 Å². The van der Waals surface area contributed by atoms with Crippen molar-refractivity contribution in [3.05, 3.63) is 16.4 Å². The summed E-state index contributed by atoms with van der Waals surface area (Å²) in [5, 5.41) is 8.89. The van der Waals surface area contributed by atoms with Crippen molar-refractivity contribution in [3.63, 3.8) is 0 Å². The van der Waals surface area contributed by atoms with Gasteiger partial charge in [-0.3, -0.25) is 4.68 Å². The monoisotopic (exact) mass is 285 g/mol. The van der Waals surface area contributed by atoms with E-state index in [1.165, 1.54) is 12.1 Å². The lowest BCUT2D eigenvalue weighted by Gasteiger charge is -2.21. The van der Waals surface area contributed by atoms with Gasteiger partial charge in [0.05, 0.1) is 16.4 Å². The van der Waals surface area contributed by atoms with Crippen molar-refractivity contribution < 1.29 is 0 Å². The Hall–Kier alpha value is -0.540. The Kier molecular flexibility index (Phi) is 6.87. The van der Waals surface area contributed by atoms with Crippen molar-refractivity contribution in [1.29, 1.82) is 0 Å². The number of hydrogen-bond acceptors (Lipinski definition) is 2. The smallest absolute Gasteiger partial charge is 0.0849 e. The molecule has 4 heteroatoms. The van der Waals surface area contributed by atoms with Crippen LogP contribution in [-0.4, -0.2) is 22.9 Å². The third-order valence-corrected chi connectivity index (χ3v) is 4.17. The van der Waals surface area contributed by atoms with Crippen LogP contribution in [0.25, 0.3) is 0 Å². The Morgan fingerprint density at radius 2 is 2.00 bits per heavy atom. The van der Waals surface area contributed by atoms with E-state index in [0.717, 1.165) is 36.6 Å². The zero-order valence-electron chi connectivity index (χ0n) is 13.0. The zero-order valence-corrected chi connectivity index (χ0v) is 13.7. The molecule has 0 saturated carbocycles. The van der Waals surface area contributed by atoms with Gasteiger partial charge in [-0.1, -0.05) is 39.3 Å². The highest BCUT2D eigenvalue weighted by molar-refractivity contribution is 6.31. The average molecular weight is 286 g/mol. The summed E-state index contributed by atoms with van der Waals surface area (Å²) in [6, 6.07) is 0. The maximum Gasteiger partial charge on any atom is 0.0849 e. The van der Waals surface area contributed by atoms with E-state index in [1.807, 2.05) is 11.7 Å². The fourth-order valence-electron chi connectivity index (χ4n) is 2.30. The molecule has 1 aromatic heterocycles. The summed E-state index contributed by atoms with van der Waals surface area (Å²) >= 11 is 6.44. The average Bonchev–Trinajstić information content (AvgIpc) is 2.64. The predicted molar refractivity (Wildman–Crippen MR) is 82.8 cm³/mol. The Bertz CT molecular complexity index is 385. The van der Waals surface area contributed by atoms with Gasteiger partial charge in [-0.2, -0.15) is 5.10 Å². The maximum absolute atomic E-state index is 6.44. The van der Waals surface area contributed by atoms with Crippen LogP contribution in [0.4, 0.5) is 0 Å². The van der Waals surface area contributed by atoms with E-state index in [0.29, 0.717) is 11.8 Å². The Morgan fingerprint density at radius 1 is 1.32 bits per heavy atom. The van der Waals surface area contributed by atoms with Crippen LogP contribution in [0.5, 0.6) is 0 Å².